The van der Waals surface area contributed by atoms with Gasteiger partial charge in [0.25, 0.3) is 0 Å². The molecule has 1 heterocycles. The fraction of sp³-hybridized carbons (Fsp3) is 0.200. The maximum absolute atomic E-state index is 13.0. The third-order valence-corrected chi connectivity index (χ3v) is 5.25. The summed E-state index contributed by atoms with van der Waals surface area (Å²) in [7, 11) is 1.25. The van der Waals surface area contributed by atoms with Crippen molar-refractivity contribution in [2.24, 2.45) is 0 Å². The zero-order chi connectivity index (χ0) is 27.7. The van der Waals surface area contributed by atoms with Crippen molar-refractivity contribution in [3.05, 3.63) is 77.1 Å². The Labute approximate surface area is 220 Å². The number of anilines is 2. The molecular formula is C25H22ClF3N4O5. The van der Waals surface area contributed by atoms with E-state index in [2.05, 4.69) is 25.7 Å². The maximum Gasteiger partial charge on any atom is 0.417 e. The summed E-state index contributed by atoms with van der Waals surface area (Å²) >= 11 is 5.59. The van der Waals surface area contributed by atoms with Crippen molar-refractivity contribution in [1.29, 1.82) is 0 Å². The van der Waals surface area contributed by atoms with Crippen LogP contribution in [0.15, 0.2) is 60.8 Å². The normalized spacial score (nSPS) is 10.9. The van der Waals surface area contributed by atoms with Gasteiger partial charge in [-0.25, -0.2) is 4.79 Å². The molecule has 0 spiro atoms. The highest BCUT2D eigenvalue weighted by Gasteiger charge is 2.33. The fourth-order valence-corrected chi connectivity index (χ4v) is 3.29. The van der Waals surface area contributed by atoms with Crippen molar-refractivity contribution in [1.82, 2.24) is 10.3 Å². The van der Waals surface area contributed by atoms with E-state index in [1.165, 1.54) is 19.4 Å². The average molecular weight is 551 g/mol. The number of aromatic nitrogens is 1. The summed E-state index contributed by atoms with van der Waals surface area (Å²) < 4.78 is 49.3. The van der Waals surface area contributed by atoms with E-state index in [0.29, 0.717) is 22.9 Å². The predicted octanol–water partition coefficient (Wildman–Crippen LogP) is 5.76. The van der Waals surface area contributed by atoms with Gasteiger partial charge in [0, 0.05) is 30.1 Å². The van der Waals surface area contributed by atoms with Crippen LogP contribution in [0.4, 0.5) is 29.3 Å². The number of esters is 1. The van der Waals surface area contributed by atoms with Gasteiger partial charge in [-0.15, -0.1) is 0 Å². The monoisotopic (exact) mass is 550 g/mol. The molecule has 0 unspecified atom stereocenters. The Balaban J connectivity index is 1.52. The largest absolute Gasteiger partial charge is 0.469 e. The number of halogens is 4. The molecule has 9 nitrogen and oxygen atoms in total. The summed E-state index contributed by atoms with van der Waals surface area (Å²) in [4.78, 5) is 39.3. The van der Waals surface area contributed by atoms with Crippen LogP contribution in [-0.4, -0.2) is 30.0 Å². The molecule has 0 aliphatic heterocycles. The molecule has 13 heteroatoms. The van der Waals surface area contributed by atoms with Gasteiger partial charge in [-0.2, -0.15) is 13.2 Å². The molecule has 3 N–H and O–H groups in total. The molecule has 0 fully saturated rings. The minimum absolute atomic E-state index is 0.00440. The van der Waals surface area contributed by atoms with E-state index in [9.17, 15) is 27.6 Å². The first-order valence-electron chi connectivity index (χ1n) is 11.0. The van der Waals surface area contributed by atoms with Crippen molar-refractivity contribution in [2.75, 3.05) is 17.7 Å². The first-order valence-corrected chi connectivity index (χ1v) is 11.4. The van der Waals surface area contributed by atoms with E-state index >= 15 is 0 Å². The van der Waals surface area contributed by atoms with E-state index in [0.717, 1.165) is 12.1 Å². The highest BCUT2D eigenvalue weighted by atomic mass is 35.5. The second-order valence-electron chi connectivity index (χ2n) is 7.73. The highest BCUT2D eigenvalue weighted by molar-refractivity contribution is 6.31. The number of methoxy groups -OCH3 is 1. The number of amides is 3. The molecule has 38 heavy (non-hydrogen) atoms. The minimum atomic E-state index is -4.66. The van der Waals surface area contributed by atoms with E-state index in [4.69, 9.17) is 16.3 Å². The van der Waals surface area contributed by atoms with Crippen molar-refractivity contribution >= 4 is 40.9 Å². The summed E-state index contributed by atoms with van der Waals surface area (Å²) in [5.41, 5.74) is -0.240. The molecule has 0 saturated heterocycles. The lowest BCUT2D eigenvalue weighted by atomic mass is 10.2. The number of carbonyl (C=O) groups is 3. The van der Waals surface area contributed by atoms with Crippen LogP contribution in [0.2, 0.25) is 5.02 Å². The van der Waals surface area contributed by atoms with Crippen LogP contribution < -0.4 is 20.7 Å². The molecule has 0 atom stereocenters. The number of rotatable bonds is 9. The van der Waals surface area contributed by atoms with E-state index in [1.54, 1.807) is 36.4 Å². The summed E-state index contributed by atoms with van der Waals surface area (Å²) in [6, 6.07) is 11.8. The van der Waals surface area contributed by atoms with E-state index < -0.39 is 28.8 Å². The lowest BCUT2D eigenvalue weighted by Crippen LogP contribution is -2.23. The number of nitrogens with one attached hydrogen (secondary N) is 3. The van der Waals surface area contributed by atoms with Gasteiger partial charge in [-0.05, 0) is 48.5 Å². The molecule has 0 aliphatic carbocycles. The second kappa shape index (κ2) is 12.8. The van der Waals surface area contributed by atoms with Crippen molar-refractivity contribution in [2.45, 2.75) is 25.6 Å². The molecule has 3 aromatic rings. The van der Waals surface area contributed by atoms with Crippen LogP contribution in [0.1, 0.15) is 24.1 Å². The highest BCUT2D eigenvalue weighted by Crippen LogP contribution is 2.36. The summed E-state index contributed by atoms with van der Waals surface area (Å²) in [5, 5.41) is 7.02. The zero-order valence-corrected chi connectivity index (χ0v) is 20.7. The smallest absolute Gasteiger partial charge is 0.417 e. The van der Waals surface area contributed by atoms with Gasteiger partial charge in [0.2, 0.25) is 5.91 Å². The molecule has 1 aromatic heterocycles. The van der Waals surface area contributed by atoms with Gasteiger partial charge < -0.3 is 25.4 Å². The maximum atomic E-state index is 13.0. The Morgan fingerprint density at radius 3 is 2.29 bits per heavy atom. The van der Waals surface area contributed by atoms with Gasteiger partial charge >= 0.3 is 18.2 Å². The summed E-state index contributed by atoms with van der Waals surface area (Å²) in [6.07, 6.45) is -3.18. The minimum Gasteiger partial charge on any atom is -0.469 e. The van der Waals surface area contributed by atoms with Crippen LogP contribution in [0, 0.1) is 0 Å². The molecule has 200 valence electrons. The third kappa shape index (κ3) is 8.66. The Kier molecular flexibility index (Phi) is 9.49. The number of carbonyl (C=O) groups excluding carboxylic acids is 3. The Morgan fingerprint density at radius 1 is 0.921 bits per heavy atom. The van der Waals surface area contributed by atoms with Crippen LogP contribution in [0.25, 0.3) is 0 Å². The van der Waals surface area contributed by atoms with Gasteiger partial charge in [0.15, 0.2) is 0 Å². The van der Waals surface area contributed by atoms with Crippen molar-refractivity contribution in [3.8, 4) is 11.5 Å². The van der Waals surface area contributed by atoms with Crippen LogP contribution in [-0.2, 0) is 27.0 Å². The lowest BCUT2D eigenvalue weighted by molar-refractivity contribution is -0.142. The van der Waals surface area contributed by atoms with Crippen LogP contribution in [0.3, 0.4) is 0 Å². The Bertz CT molecular complexity index is 1300. The lowest BCUT2D eigenvalue weighted by Gasteiger charge is -2.13. The first kappa shape index (κ1) is 28.3. The molecular weight excluding hydrogens is 529 g/mol. The SMILES string of the molecule is COC(=O)CCC(=O)NCc1cc(Oc2ccc(NC(=O)Nc3ccc(Cl)c(C(F)(F)F)c3)cc2)ccn1. The third-order valence-electron chi connectivity index (χ3n) is 4.92. The number of hydrogen-bond acceptors (Lipinski definition) is 6. The molecule has 0 aliphatic rings. The van der Waals surface area contributed by atoms with Crippen LogP contribution >= 0.6 is 11.6 Å². The molecule has 2 aromatic carbocycles. The van der Waals surface area contributed by atoms with Gasteiger partial charge in [0.05, 0.1) is 36.4 Å². The quantitative estimate of drug-likeness (QED) is 0.292. The zero-order valence-electron chi connectivity index (χ0n) is 19.9. The number of alkyl halides is 3. The number of urea groups is 1. The topological polar surface area (TPSA) is 119 Å². The van der Waals surface area contributed by atoms with Crippen molar-refractivity contribution in [3.63, 3.8) is 0 Å². The number of ether oxygens (including phenoxy) is 2. The number of pyridine rings is 1. The first-order chi connectivity index (χ1) is 18.0. The molecule has 3 rings (SSSR count). The Hall–Kier alpha value is -4.32. The van der Waals surface area contributed by atoms with E-state index in [1.807, 2.05) is 0 Å². The predicted molar refractivity (Wildman–Crippen MR) is 133 cm³/mol. The van der Waals surface area contributed by atoms with Gasteiger partial charge in [-0.3, -0.25) is 14.6 Å². The summed E-state index contributed by atoms with van der Waals surface area (Å²) in [6.45, 7) is 0.132. The summed E-state index contributed by atoms with van der Waals surface area (Å²) in [5.74, 6) is 0.0762. The second-order valence-corrected chi connectivity index (χ2v) is 8.14. The van der Waals surface area contributed by atoms with Gasteiger partial charge in [0.1, 0.15) is 11.5 Å². The number of hydrogen-bond donors (Lipinski definition) is 3. The molecule has 0 saturated carbocycles. The average Bonchev–Trinajstić information content (AvgIpc) is 2.88. The molecule has 3 amide bonds. The van der Waals surface area contributed by atoms with Gasteiger partial charge in [-0.1, -0.05) is 11.6 Å². The van der Waals surface area contributed by atoms with Crippen molar-refractivity contribution < 1.29 is 37.0 Å². The fourth-order valence-electron chi connectivity index (χ4n) is 3.07. The van der Waals surface area contributed by atoms with Crippen LogP contribution in [0.5, 0.6) is 11.5 Å². The number of benzene rings is 2. The molecule has 0 radical (unpaired) electrons. The Morgan fingerprint density at radius 2 is 1.61 bits per heavy atom. The number of nitrogens with zero attached hydrogens (tertiary/aromatic N) is 1. The van der Waals surface area contributed by atoms with E-state index in [-0.39, 0.29) is 31.0 Å². The molecule has 0 bridgehead atoms. The standard InChI is InChI=1S/C25H22ClF3N4O5/c1-37-23(35)9-8-22(34)31-14-17-12-19(10-11-30-17)38-18-5-2-15(3-6-18)32-24(36)33-16-4-7-21(26)20(13-16)25(27,28)29/h2-7,10-13H,8-9,14H2,1H3,(H,31,34)(H2,32,33,36).